The molecule has 2 unspecified atom stereocenters. The van der Waals surface area contributed by atoms with Crippen molar-refractivity contribution in [2.24, 2.45) is 7.05 Å². The largest absolute Gasteiger partial charge is 0.388 e. The van der Waals surface area contributed by atoms with Crippen LogP contribution in [-0.4, -0.2) is 19.9 Å². The van der Waals surface area contributed by atoms with Crippen LogP contribution in [0.5, 0.6) is 0 Å². The Balaban J connectivity index is 1.97. The molecule has 5 heteroatoms. The number of anilines is 1. The van der Waals surface area contributed by atoms with Crippen LogP contribution in [0.3, 0.4) is 0 Å². The molecule has 0 saturated carbocycles. The van der Waals surface area contributed by atoms with Crippen LogP contribution in [0.1, 0.15) is 41.7 Å². The highest BCUT2D eigenvalue weighted by Gasteiger charge is 2.30. The smallest absolute Gasteiger partial charge is 0.127 e. The molecule has 5 nitrogen and oxygen atoms in total. The number of hydrogen-bond acceptors (Lipinski definition) is 4. The summed E-state index contributed by atoms with van der Waals surface area (Å²) in [4.78, 5) is 4.46. The lowest BCUT2D eigenvalue weighted by molar-refractivity contribution is 0.134. The molecule has 3 N–H and O–H groups in total. The Hall–Kier alpha value is -1.88. The Kier molecular flexibility index (Phi) is 2.98. The standard InChI is InChI=1S/C14H18N4O/c1-18-14(15)11(8-17-18)13(19)10-6-2-4-9-5-3-7-16-12(9)10/h3,5,7-8,10,13,19H,2,4,6,15H2,1H3. The van der Waals surface area contributed by atoms with E-state index >= 15 is 0 Å². The third-order valence-corrected chi connectivity index (χ3v) is 3.95. The third-order valence-electron chi connectivity index (χ3n) is 3.95. The Morgan fingerprint density at radius 3 is 3.11 bits per heavy atom. The average Bonchev–Trinajstić information content (AvgIpc) is 2.78. The number of hydrogen-bond donors (Lipinski definition) is 2. The number of nitrogen functional groups attached to an aromatic ring is 1. The van der Waals surface area contributed by atoms with Gasteiger partial charge in [0.25, 0.3) is 0 Å². The van der Waals surface area contributed by atoms with Crippen molar-refractivity contribution >= 4 is 5.82 Å². The number of aryl methyl sites for hydroxylation is 2. The summed E-state index contributed by atoms with van der Waals surface area (Å²) in [5, 5.41) is 14.7. The molecule has 3 rings (SSSR count). The van der Waals surface area contributed by atoms with Gasteiger partial charge in [-0.25, -0.2) is 0 Å². The van der Waals surface area contributed by atoms with E-state index in [0.29, 0.717) is 11.4 Å². The van der Waals surface area contributed by atoms with E-state index in [2.05, 4.69) is 16.1 Å². The fourth-order valence-corrected chi connectivity index (χ4v) is 2.86. The van der Waals surface area contributed by atoms with Crippen molar-refractivity contribution in [3.8, 4) is 0 Å². The van der Waals surface area contributed by atoms with Gasteiger partial charge in [0.15, 0.2) is 0 Å². The number of pyridine rings is 1. The van der Waals surface area contributed by atoms with Gasteiger partial charge in [-0.15, -0.1) is 0 Å². The van der Waals surface area contributed by atoms with Crippen molar-refractivity contribution in [3.05, 3.63) is 41.3 Å². The molecular formula is C14H18N4O. The highest BCUT2D eigenvalue weighted by Crippen LogP contribution is 2.40. The zero-order chi connectivity index (χ0) is 13.4. The molecule has 19 heavy (non-hydrogen) atoms. The molecule has 0 fully saturated rings. The molecule has 0 spiro atoms. The number of aromatic nitrogens is 3. The predicted octanol–water partition coefficient (Wildman–Crippen LogP) is 1.55. The molecule has 0 aliphatic heterocycles. The zero-order valence-electron chi connectivity index (χ0n) is 11.0. The second kappa shape index (κ2) is 4.66. The van der Waals surface area contributed by atoms with Crippen LogP contribution in [0.15, 0.2) is 24.5 Å². The Morgan fingerprint density at radius 2 is 2.37 bits per heavy atom. The molecule has 100 valence electrons. The molecule has 0 radical (unpaired) electrons. The summed E-state index contributed by atoms with van der Waals surface area (Å²) >= 11 is 0. The van der Waals surface area contributed by atoms with Crippen molar-refractivity contribution in [2.45, 2.75) is 31.3 Å². The molecule has 0 amide bonds. The zero-order valence-corrected chi connectivity index (χ0v) is 11.0. The Bertz CT molecular complexity index is 593. The van der Waals surface area contributed by atoms with Crippen LogP contribution in [-0.2, 0) is 13.5 Å². The predicted molar refractivity (Wildman–Crippen MR) is 72.5 cm³/mol. The molecule has 0 aromatic carbocycles. The van der Waals surface area contributed by atoms with Gasteiger partial charge in [0.2, 0.25) is 0 Å². The molecule has 1 aliphatic carbocycles. The molecule has 1 aliphatic rings. The van der Waals surface area contributed by atoms with E-state index in [-0.39, 0.29) is 5.92 Å². The topological polar surface area (TPSA) is 77.0 Å². The molecule has 2 aromatic rings. The quantitative estimate of drug-likeness (QED) is 0.856. The molecular weight excluding hydrogens is 240 g/mol. The first-order valence-electron chi connectivity index (χ1n) is 6.57. The number of nitrogens with zero attached hydrogens (tertiary/aromatic N) is 3. The van der Waals surface area contributed by atoms with Crippen molar-refractivity contribution in [1.29, 1.82) is 0 Å². The normalized spacial score (nSPS) is 20.0. The molecule has 2 atom stereocenters. The van der Waals surface area contributed by atoms with E-state index in [1.807, 2.05) is 6.07 Å². The maximum Gasteiger partial charge on any atom is 0.127 e. The average molecular weight is 258 g/mol. The first-order chi connectivity index (χ1) is 9.18. The molecule has 0 saturated heterocycles. The van der Waals surface area contributed by atoms with Crippen LogP contribution in [0.2, 0.25) is 0 Å². The minimum atomic E-state index is -0.636. The van der Waals surface area contributed by atoms with E-state index < -0.39 is 6.10 Å². The van der Waals surface area contributed by atoms with E-state index in [1.54, 1.807) is 24.1 Å². The highest BCUT2D eigenvalue weighted by molar-refractivity contribution is 5.42. The van der Waals surface area contributed by atoms with Crippen LogP contribution in [0.25, 0.3) is 0 Å². The fraction of sp³-hybridized carbons (Fsp3) is 0.429. The van der Waals surface area contributed by atoms with Gasteiger partial charge in [0.05, 0.1) is 12.3 Å². The van der Waals surface area contributed by atoms with Crippen LogP contribution in [0.4, 0.5) is 5.82 Å². The summed E-state index contributed by atoms with van der Waals surface area (Å²) in [5.74, 6) is 0.534. The van der Waals surface area contributed by atoms with Gasteiger partial charge in [0.1, 0.15) is 5.82 Å². The van der Waals surface area contributed by atoms with Crippen LogP contribution < -0.4 is 5.73 Å². The molecule has 0 bridgehead atoms. The van der Waals surface area contributed by atoms with Gasteiger partial charge >= 0.3 is 0 Å². The maximum absolute atomic E-state index is 10.6. The summed E-state index contributed by atoms with van der Waals surface area (Å²) in [6.07, 6.45) is 5.84. The number of aliphatic hydroxyl groups excluding tert-OH is 1. The second-order valence-electron chi connectivity index (χ2n) is 5.10. The van der Waals surface area contributed by atoms with Crippen molar-refractivity contribution < 1.29 is 5.11 Å². The first-order valence-corrected chi connectivity index (χ1v) is 6.57. The summed E-state index contributed by atoms with van der Waals surface area (Å²) in [6, 6.07) is 4.04. The van der Waals surface area contributed by atoms with Crippen molar-refractivity contribution in [1.82, 2.24) is 14.8 Å². The minimum absolute atomic E-state index is 0.0106. The van der Waals surface area contributed by atoms with Crippen LogP contribution in [0, 0.1) is 0 Å². The summed E-state index contributed by atoms with van der Waals surface area (Å²) in [6.45, 7) is 0. The summed E-state index contributed by atoms with van der Waals surface area (Å²) < 4.78 is 1.58. The number of nitrogens with two attached hydrogens (primary N) is 1. The maximum atomic E-state index is 10.6. The summed E-state index contributed by atoms with van der Waals surface area (Å²) in [7, 11) is 1.78. The SMILES string of the molecule is Cn1ncc(C(O)C2CCCc3cccnc32)c1N. The van der Waals surface area contributed by atoms with Gasteiger partial charge in [-0.1, -0.05) is 6.07 Å². The number of aliphatic hydroxyl groups is 1. The fourth-order valence-electron chi connectivity index (χ4n) is 2.86. The van der Waals surface area contributed by atoms with E-state index in [0.717, 1.165) is 25.0 Å². The summed E-state index contributed by atoms with van der Waals surface area (Å²) in [5.41, 5.74) is 8.89. The van der Waals surface area contributed by atoms with E-state index in [9.17, 15) is 5.11 Å². The second-order valence-corrected chi connectivity index (χ2v) is 5.10. The van der Waals surface area contributed by atoms with Gasteiger partial charge in [-0.05, 0) is 30.9 Å². The highest BCUT2D eigenvalue weighted by atomic mass is 16.3. The van der Waals surface area contributed by atoms with Gasteiger partial charge in [-0.3, -0.25) is 9.67 Å². The third kappa shape index (κ3) is 2.00. The van der Waals surface area contributed by atoms with E-state index in [1.165, 1.54) is 5.56 Å². The van der Waals surface area contributed by atoms with Gasteiger partial charge in [-0.2, -0.15) is 5.10 Å². The van der Waals surface area contributed by atoms with Crippen LogP contribution >= 0.6 is 0 Å². The molecule has 2 aromatic heterocycles. The molecule has 2 heterocycles. The number of rotatable bonds is 2. The Morgan fingerprint density at radius 1 is 1.53 bits per heavy atom. The monoisotopic (exact) mass is 258 g/mol. The van der Waals surface area contributed by atoms with E-state index in [4.69, 9.17) is 5.73 Å². The number of fused-ring (bicyclic) bond motifs is 1. The van der Waals surface area contributed by atoms with Gasteiger partial charge < -0.3 is 10.8 Å². The van der Waals surface area contributed by atoms with Gasteiger partial charge in [0, 0.05) is 30.4 Å². The Labute approximate surface area is 112 Å². The van der Waals surface area contributed by atoms with Crippen molar-refractivity contribution in [3.63, 3.8) is 0 Å². The minimum Gasteiger partial charge on any atom is -0.388 e. The van der Waals surface area contributed by atoms with Crippen molar-refractivity contribution in [2.75, 3.05) is 5.73 Å². The lowest BCUT2D eigenvalue weighted by Crippen LogP contribution is -2.19. The lowest BCUT2D eigenvalue weighted by Gasteiger charge is -2.28. The first kappa shape index (κ1) is 12.2. The lowest BCUT2D eigenvalue weighted by atomic mass is 9.81.